The van der Waals surface area contributed by atoms with E-state index in [9.17, 15) is 0 Å². The van der Waals surface area contributed by atoms with E-state index in [0.717, 1.165) is 56.3 Å². The van der Waals surface area contributed by atoms with Crippen molar-refractivity contribution in [3.8, 4) is 33.8 Å². The van der Waals surface area contributed by atoms with Crippen molar-refractivity contribution < 1.29 is 9.47 Å². The summed E-state index contributed by atoms with van der Waals surface area (Å²) in [4.78, 5) is 0. The third kappa shape index (κ3) is 16.6. The Morgan fingerprint density at radius 1 is 0.440 bits per heavy atom. The molecule has 4 aromatic rings. The smallest absolute Gasteiger partial charge is 0.119 e. The minimum absolute atomic E-state index is 0.800. The van der Waals surface area contributed by atoms with Crippen LogP contribution in [0.5, 0.6) is 11.5 Å². The van der Waals surface area contributed by atoms with Gasteiger partial charge in [-0.3, -0.25) is 0 Å². The summed E-state index contributed by atoms with van der Waals surface area (Å²) >= 11 is 0. The molecule has 268 valence electrons. The normalized spacial score (nSPS) is 11.2. The molecule has 2 heteroatoms. The lowest BCUT2D eigenvalue weighted by molar-refractivity contribution is 0.305. The maximum Gasteiger partial charge on any atom is 0.119 e. The zero-order valence-corrected chi connectivity index (χ0v) is 31.8. The molecule has 0 aliphatic rings. The molecule has 4 aromatic carbocycles. The maximum absolute atomic E-state index is 5.82. The van der Waals surface area contributed by atoms with Gasteiger partial charge in [-0.2, -0.15) is 0 Å². The Hall–Kier alpha value is -4.04. The molecule has 0 aromatic heterocycles. The average molecular weight is 673 g/mol. The van der Waals surface area contributed by atoms with Gasteiger partial charge in [-0.25, -0.2) is 0 Å². The molecule has 0 unspecified atom stereocenters. The van der Waals surface area contributed by atoms with Crippen LogP contribution in [-0.4, -0.2) is 13.2 Å². The Morgan fingerprint density at radius 2 is 0.840 bits per heavy atom. The maximum atomic E-state index is 5.82. The highest BCUT2D eigenvalue weighted by Crippen LogP contribution is 2.25. The van der Waals surface area contributed by atoms with Gasteiger partial charge in [0.25, 0.3) is 0 Å². The van der Waals surface area contributed by atoms with E-state index in [4.69, 9.17) is 9.47 Å². The van der Waals surface area contributed by atoms with Gasteiger partial charge in [-0.1, -0.05) is 177 Å². The van der Waals surface area contributed by atoms with Gasteiger partial charge in [0.2, 0.25) is 0 Å². The fourth-order valence-electron chi connectivity index (χ4n) is 5.52. The van der Waals surface area contributed by atoms with Crippen LogP contribution >= 0.6 is 0 Å². The fraction of sp³-hybridized carbons (Fsp3) is 0.417. The molecule has 0 amide bonds. The van der Waals surface area contributed by atoms with E-state index in [1.807, 2.05) is 0 Å². The summed E-state index contributed by atoms with van der Waals surface area (Å²) in [7, 11) is 0. The van der Waals surface area contributed by atoms with Crippen molar-refractivity contribution in [1.82, 2.24) is 0 Å². The van der Waals surface area contributed by atoms with Gasteiger partial charge >= 0.3 is 0 Å². The molecule has 0 bridgehead atoms. The first-order chi connectivity index (χ1) is 24.5. The van der Waals surface area contributed by atoms with E-state index in [-0.39, 0.29) is 0 Å². The van der Waals surface area contributed by atoms with Gasteiger partial charge in [-0.05, 0) is 95.7 Å². The van der Waals surface area contributed by atoms with Crippen LogP contribution in [0.15, 0.2) is 109 Å². The van der Waals surface area contributed by atoms with E-state index < -0.39 is 0 Å². The van der Waals surface area contributed by atoms with Crippen LogP contribution in [0.25, 0.3) is 34.4 Å². The van der Waals surface area contributed by atoms with Crippen molar-refractivity contribution in [2.75, 3.05) is 13.2 Å². The zero-order valence-electron chi connectivity index (χ0n) is 31.8. The molecule has 50 heavy (non-hydrogen) atoms. The Morgan fingerprint density at radius 3 is 1.26 bits per heavy atom. The minimum Gasteiger partial charge on any atom is -0.494 e. The Balaban J connectivity index is 0.000000270. The van der Waals surface area contributed by atoms with Crippen LogP contribution in [-0.2, 0) is 0 Å². The molecule has 4 rings (SSSR count). The van der Waals surface area contributed by atoms with Crippen molar-refractivity contribution >= 4 is 12.2 Å². The van der Waals surface area contributed by atoms with Gasteiger partial charge in [0.05, 0.1) is 13.2 Å². The quantitative estimate of drug-likeness (QED) is 0.0820. The van der Waals surface area contributed by atoms with Gasteiger partial charge in [-0.15, -0.1) is 0 Å². The predicted octanol–water partition coefficient (Wildman–Crippen LogP) is 14.9. The lowest BCUT2D eigenvalue weighted by atomic mass is 10.0. The average Bonchev–Trinajstić information content (AvgIpc) is 3.15. The number of benzene rings is 4. The summed E-state index contributed by atoms with van der Waals surface area (Å²) in [6, 6.07) is 34.4. The van der Waals surface area contributed by atoms with Gasteiger partial charge in [0, 0.05) is 0 Å². The number of hydrogen-bond acceptors (Lipinski definition) is 2. The van der Waals surface area contributed by atoms with Gasteiger partial charge in [0.1, 0.15) is 11.5 Å². The molecule has 0 spiro atoms. The standard InChI is InChI=1S/2C24H32O/c1-4-5-19-25-24-17-15-23(16-18-24)22-13-11-21(12-14-22)10-8-6-7-9-20(2)3;1-3-5-7-9-11-21-12-14-22(15-13-21)23-16-18-24(19-17-23)25-20-10-8-6-4-2/h8,10-18,20H,4-7,9,19H2,1-3H3;9,11-19H,3-8,10,20H2,1-2H3/b10-8+;11-9+. The van der Waals surface area contributed by atoms with Crippen molar-refractivity contribution in [1.29, 1.82) is 0 Å². The van der Waals surface area contributed by atoms with Gasteiger partial charge in [0.15, 0.2) is 0 Å². The molecule has 2 nitrogen and oxygen atoms in total. The molecule has 0 aliphatic heterocycles. The van der Waals surface area contributed by atoms with Crippen molar-refractivity contribution in [3.63, 3.8) is 0 Å². The van der Waals surface area contributed by atoms with E-state index in [0.29, 0.717) is 0 Å². The lowest BCUT2D eigenvalue weighted by Gasteiger charge is -2.07. The van der Waals surface area contributed by atoms with E-state index >= 15 is 0 Å². The Bertz CT molecular complexity index is 1460. The topological polar surface area (TPSA) is 18.5 Å². The SMILES string of the molecule is CCCC/C=C/c1ccc(-c2ccc(OCCCCCC)cc2)cc1.CCCCOc1ccc(-c2ccc(/C=C/CCCC(C)C)cc2)cc1. The lowest BCUT2D eigenvalue weighted by Crippen LogP contribution is -1.96. The second-order valence-electron chi connectivity index (χ2n) is 13.7. The van der Waals surface area contributed by atoms with Crippen molar-refractivity contribution in [2.45, 2.75) is 112 Å². The molecule has 0 N–H and O–H groups in total. The Kier molecular flexibility index (Phi) is 20.2. The molecule has 0 saturated carbocycles. The molecule has 0 aliphatic carbocycles. The largest absolute Gasteiger partial charge is 0.494 e. The van der Waals surface area contributed by atoms with E-state index in [1.54, 1.807) is 0 Å². The van der Waals surface area contributed by atoms with Crippen molar-refractivity contribution in [2.24, 2.45) is 5.92 Å². The van der Waals surface area contributed by atoms with Crippen LogP contribution in [0.3, 0.4) is 0 Å². The molecule has 0 heterocycles. The first-order valence-electron chi connectivity index (χ1n) is 19.5. The monoisotopic (exact) mass is 672 g/mol. The molecular weight excluding hydrogens is 609 g/mol. The van der Waals surface area contributed by atoms with Crippen LogP contribution in [0, 0.1) is 5.92 Å². The fourth-order valence-corrected chi connectivity index (χ4v) is 5.52. The second kappa shape index (κ2) is 25.0. The van der Waals surface area contributed by atoms with E-state index in [1.165, 1.54) is 84.7 Å². The van der Waals surface area contributed by atoms with Crippen molar-refractivity contribution in [3.05, 3.63) is 120 Å². The van der Waals surface area contributed by atoms with Gasteiger partial charge < -0.3 is 9.47 Å². The summed E-state index contributed by atoms with van der Waals surface area (Å²) in [5.41, 5.74) is 7.51. The summed E-state index contributed by atoms with van der Waals surface area (Å²) in [5.74, 6) is 2.73. The summed E-state index contributed by atoms with van der Waals surface area (Å²) in [6.45, 7) is 12.8. The third-order valence-electron chi connectivity index (χ3n) is 8.73. The summed E-state index contributed by atoms with van der Waals surface area (Å²) < 4.78 is 11.5. The third-order valence-corrected chi connectivity index (χ3v) is 8.73. The predicted molar refractivity (Wildman–Crippen MR) is 220 cm³/mol. The number of hydrogen-bond donors (Lipinski definition) is 0. The highest BCUT2D eigenvalue weighted by molar-refractivity contribution is 5.67. The zero-order chi connectivity index (χ0) is 35.7. The van der Waals surface area contributed by atoms with Crippen LogP contribution < -0.4 is 9.47 Å². The molecule has 0 radical (unpaired) electrons. The molecule has 0 atom stereocenters. The second-order valence-corrected chi connectivity index (χ2v) is 13.7. The summed E-state index contributed by atoms with van der Waals surface area (Å²) in [5, 5.41) is 0. The first-order valence-corrected chi connectivity index (χ1v) is 19.5. The highest BCUT2D eigenvalue weighted by atomic mass is 16.5. The van der Waals surface area contributed by atoms with Crippen LogP contribution in [0.2, 0.25) is 0 Å². The molecule has 0 saturated heterocycles. The molecule has 0 fully saturated rings. The van der Waals surface area contributed by atoms with Crippen LogP contribution in [0.1, 0.15) is 123 Å². The number of allylic oxidation sites excluding steroid dienone is 2. The Labute approximate surface area is 305 Å². The summed E-state index contributed by atoms with van der Waals surface area (Å²) in [6.07, 6.45) is 23.7. The number of rotatable bonds is 21. The van der Waals surface area contributed by atoms with Crippen LogP contribution in [0.4, 0.5) is 0 Å². The highest BCUT2D eigenvalue weighted by Gasteiger charge is 2.01. The first kappa shape index (κ1) is 40.4. The number of unbranched alkanes of at least 4 members (excludes halogenated alkanes) is 7. The van der Waals surface area contributed by atoms with E-state index in [2.05, 4.69) is 156 Å². The minimum atomic E-state index is 0.800. The molecular formula is C48H64O2. The number of ether oxygens (including phenoxy) is 2.